The third kappa shape index (κ3) is 5.15. The molecule has 0 saturated carbocycles. The average molecular weight is 267 g/mol. The maximum absolute atomic E-state index is 11.4. The van der Waals surface area contributed by atoms with E-state index in [0.29, 0.717) is 5.02 Å². The number of hydrogen-bond acceptors (Lipinski definition) is 3. The van der Waals surface area contributed by atoms with Gasteiger partial charge in [-0.25, -0.2) is 4.79 Å². The molecule has 0 saturated heterocycles. The number of benzene rings is 1. The zero-order valence-corrected chi connectivity index (χ0v) is 10.9. The fourth-order valence-corrected chi connectivity index (χ4v) is 1.32. The highest BCUT2D eigenvalue weighted by molar-refractivity contribution is 6.39. The SMILES string of the molecule is CCCCOC(=O)C(=O)/C=C/c1ccc(Cl)cc1. The van der Waals surface area contributed by atoms with Crippen molar-refractivity contribution in [3.63, 3.8) is 0 Å². The molecule has 0 spiro atoms. The third-order valence-electron chi connectivity index (χ3n) is 2.23. The molecule has 0 unspecified atom stereocenters. The molecule has 0 aliphatic rings. The molecule has 1 aromatic rings. The lowest BCUT2D eigenvalue weighted by molar-refractivity contribution is -0.151. The Labute approximate surface area is 111 Å². The molecular weight excluding hydrogens is 252 g/mol. The van der Waals surface area contributed by atoms with Crippen molar-refractivity contribution in [2.45, 2.75) is 19.8 Å². The summed E-state index contributed by atoms with van der Waals surface area (Å²) in [5.41, 5.74) is 0.800. The molecule has 0 aromatic heterocycles. The van der Waals surface area contributed by atoms with Gasteiger partial charge in [0.2, 0.25) is 0 Å². The molecule has 1 aromatic carbocycles. The molecule has 0 bridgehead atoms. The largest absolute Gasteiger partial charge is 0.460 e. The summed E-state index contributed by atoms with van der Waals surface area (Å²) in [6, 6.07) is 6.94. The van der Waals surface area contributed by atoms with Gasteiger partial charge in [0.15, 0.2) is 0 Å². The Bertz CT molecular complexity index is 435. The maximum Gasteiger partial charge on any atom is 0.379 e. The standard InChI is InChI=1S/C14H15ClO3/c1-2-3-10-18-14(17)13(16)9-6-11-4-7-12(15)8-5-11/h4-9H,2-3,10H2,1H3/b9-6+. The minimum absolute atomic E-state index is 0.288. The van der Waals surface area contributed by atoms with Crippen molar-refractivity contribution in [1.29, 1.82) is 0 Å². The van der Waals surface area contributed by atoms with Crippen molar-refractivity contribution in [3.8, 4) is 0 Å². The quantitative estimate of drug-likeness (QED) is 0.344. The molecule has 96 valence electrons. The van der Waals surface area contributed by atoms with E-state index < -0.39 is 11.8 Å². The Morgan fingerprint density at radius 3 is 2.56 bits per heavy atom. The first-order valence-electron chi connectivity index (χ1n) is 5.78. The molecule has 0 N–H and O–H groups in total. The number of esters is 1. The summed E-state index contributed by atoms with van der Waals surface area (Å²) in [4.78, 5) is 22.6. The average Bonchev–Trinajstić information content (AvgIpc) is 2.38. The lowest BCUT2D eigenvalue weighted by atomic mass is 10.2. The Balaban J connectivity index is 2.48. The summed E-state index contributed by atoms with van der Waals surface area (Å²) in [5, 5.41) is 0.623. The fraction of sp³-hybridized carbons (Fsp3) is 0.286. The number of unbranched alkanes of at least 4 members (excludes halogenated alkanes) is 1. The van der Waals surface area contributed by atoms with E-state index >= 15 is 0 Å². The number of ether oxygens (including phenoxy) is 1. The van der Waals surface area contributed by atoms with E-state index in [1.165, 1.54) is 6.08 Å². The predicted molar refractivity (Wildman–Crippen MR) is 71.4 cm³/mol. The van der Waals surface area contributed by atoms with E-state index in [4.69, 9.17) is 16.3 Å². The van der Waals surface area contributed by atoms with E-state index in [2.05, 4.69) is 0 Å². The summed E-state index contributed by atoms with van der Waals surface area (Å²) in [7, 11) is 0. The van der Waals surface area contributed by atoms with E-state index in [1.807, 2.05) is 6.92 Å². The van der Waals surface area contributed by atoms with Crippen molar-refractivity contribution >= 4 is 29.4 Å². The molecule has 3 nitrogen and oxygen atoms in total. The van der Waals surface area contributed by atoms with Gasteiger partial charge < -0.3 is 4.74 Å². The van der Waals surface area contributed by atoms with Crippen LogP contribution in [0.25, 0.3) is 6.08 Å². The second-order valence-electron chi connectivity index (χ2n) is 3.74. The van der Waals surface area contributed by atoms with Crippen molar-refractivity contribution in [1.82, 2.24) is 0 Å². The maximum atomic E-state index is 11.4. The van der Waals surface area contributed by atoms with E-state index in [0.717, 1.165) is 18.4 Å². The Morgan fingerprint density at radius 1 is 1.28 bits per heavy atom. The zero-order valence-electron chi connectivity index (χ0n) is 10.2. The molecule has 0 aliphatic carbocycles. The number of ketones is 1. The summed E-state index contributed by atoms with van der Waals surface area (Å²) in [5.74, 6) is -1.46. The molecule has 0 heterocycles. The van der Waals surface area contributed by atoms with Crippen LogP contribution in [-0.2, 0) is 14.3 Å². The van der Waals surface area contributed by atoms with E-state index in [-0.39, 0.29) is 6.61 Å². The molecule has 0 amide bonds. The van der Waals surface area contributed by atoms with E-state index in [1.54, 1.807) is 30.3 Å². The lowest BCUT2D eigenvalue weighted by Crippen LogP contribution is -2.15. The highest BCUT2D eigenvalue weighted by Crippen LogP contribution is 2.10. The molecule has 1 rings (SSSR count). The van der Waals surface area contributed by atoms with Crippen LogP contribution < -0.4 is 0 Å². The second-order valence-corrected chi connectivity index (χ2v) is 4.18. The van der Waals surface area contributed by atoms with Crippen LogP contribution in [0.2, 0.25) is 5.02 Å². The van der Waals surface area contributed by atoms with E-state index in [9.17, 15) is 9.59 Å². The zero-order chi connectivity index (χ0) is 13.4. The van der Waals surface area contributed by atoms with Gasteiger partial charge in [-0.3, -0.25) is 4.79 Å². The van der Waals surface area contributed by atoms with Gasteiger partial charge in [0.25, 0.3) is 5.78 Å². The topological polar surface area (TPSA) is 43.4 Å². The van der Waals surface area contributed by atoms with Crippen LogP contribution in [0, 0.1) is 0 Å². The second kappa shape index (κ2) is 7.67. The Kier molecular flexibility index (Phi) is 6.15. The van der Waals surface area contributed by atoms with Crippen LogP contribution in [0.5, 0.6) is 0 Å². The van der Waals surface area contributed by atoms with Crippen LogP contribution in [-0.4, -0.2) is 18.4 Å². The van der Waals surface area contributed by atoms with Crippen LogP contribution in [0.15, 0.2) is 30.3 Å². The number of rotatable bonds is 6. The summed E-state index contributed by atoms with van der Waals surface area (Å²) >= 11 is 5.73. The highest BCUT2D eigenvalue weighted by Gasteiger charge is 2.10. The van der Waals surface area contributed by atoms with Crippen LogP contribution >= 0.6 is 11.6 Å². The van der Waals surface area contributed by atoms with Crippen LogP contribution in [0.1, 0.15) is 25.3 Å². The molecule has 4 heteroatoms. The van der Waals surface area contributed by atoms with Gasteiger partial charge in [-0.2, -0.15) is 0 Å². The minimum Gasteiger partial charge on any atom is -0.460 e. The number of halogens is 1. The van der Waals surface area contributed by atoms with Gasteiger partial charge >= 0.3 is 5.97 Å². The number of carbonyl (C=O) groups excluding carboxylic acids is 2. The predicted octanol–water partition coefficient (Wildman–Crippen LogP) is 3.27. The van der Waals surface area contributed by atoms with Gasteiger partial charge in [0, 0.05) is 5.02 Å². The molecular formula is C14H15ClO3. The molecule has 0 atom stereocenters. The normalized spacial score (nSPS) is 10.6. The van der Waals surface area contributed by atoms with Gasteiger partial charge in [-0.05, 0) is 30.2 Å². The highest BCUT2D eigenvalue weighted by atomic mass is 35.5. The first kappa shape index (κ1) is 14.5. The Morgan fingerprint density at radius 2 is 1.94 bits per heavy atom. The van der Waals surface area contributed by atoms with Gasteiger partial charge in [-0.15, -0.1) is 0 Å². The Hall–Kier alpha value is -1.61. The molecule has 0 fully saturated rings. The summed E-state index contributed by atoms with van der Waals surface area (Å²) in [6.45, 7) is 2.27. The number of carbonyl (C=O) groups is 2. The van der Waals surface area contributed by atoms with Crippen LogP contribution in [0.3, 0.4) is 0 Å². The van der Waals surface area contributed by atoms with Gasteiger partial charge in [-0.1, -0.05) is 43.2 Å². The molecule has 18 heavy (non-hydrogen) atoms. The van der Waals surface area contributed by atoms with Crippen molar-refractivity contribution in [3.05, 3.63) is 40.9 Å². The first-order chi connectivity index (χ1) is 8.63. The fourth-order valence-electron chi connectivity index (χ4n) is 1.19. The lowest BCUT2D eigenvalue weighted by Gasteiger charge is -1.99. The summed E-state index contributed by atoms with van der Waals surface area (Å²) in [6.07, 6.45) is 4.44. The van der Waals surface area contributed by atoms with Crippen molar-refractivity contribution in [2.24, 2.45) is 0 Å². The van der Waals surface area contributed by atoms with Gasteiger partial charge in [0.05, 0.1) is 6.61 Å². The van der Waals surface area contributed by atoms with Crippen LogP contribution in [0.4, 0.5) is 0 Å². The first-order valence-corrected chi connectivity index (χ1v) is 6.16. The summed E-state index contributed by atoms with van der Waals surface area (Å²) < 4.78 is 4.79. The van der Waals surface area contributed by atoms with Crippen molar-refractivity contribution < 1.29 is 14.3 Å². The monoisotopic (exact) mass is 266 g/mol. The smallest absolute Gasteiger partial charge is 0.379 e. The van der Waals surface area contributed by atoms with Gasteiger partial charge in [0.1, 0.15) is 0 Å². The third-order valence-corrected chi connectivity index (χ3v) is 2.48. The number of hydrogen-bond donors (Lipinski definition) is 0. The van der Waals surface area contributed by atoms with Crippen molar-refractivity contribution in [2.75, 3.05) is 6.61 Å². The molecule has 0 aliphatic heterocycles. The molecule has 0 radical (unpaired) electrons. The minimum atomic E-state index is -0.811.